The van der Waals surface area contributed by atoms with Crippen molar-refractivity contribution in [1.29, 1.82) is 0 Å². The third kappa shape index (κ3) is 2.31. The minimum absolute atomic E-state index is 0.123. The van der Waals surface area contributed by atoms with E-state index in [1.807, 2.05) is 0 Å². The number of rotatable bonds is 1. The lowest BCUT2D eigenvalue weighted by Gasteiger charge is -2.30. The van der Waals surface area contributed by atoms with E-state index in [-0.39, 0.29) is 12.0 Å². The molecule has 1 aliphatic rings. The van der Waals surface area contributed by atoms with Gasteiger partial charge in [0.2, 0.25) is 0 Å². The van der Waals surface area contributed by atoms with E-state index in [0.29, 0.717) is 11.3 Å². The molecule has 0 bridgehead atoms. The smallest absolute Gasteiger partial charge is 0.165 e. The summed E-state index contributed by atoms with van der Waals surface area (Å²) in [5.41, 5.74) is 0.769. The van der Waals surface area contributed by atoms with Crippen molar-refractivity contribution in [2.24, 2.45) is 0 Å². The van der Waals surface area contributed by atoms with E-state index >= 15 is 0 Å². The van der Waals surface area contributed by atoms with Crippen LogP contribution in [-0.4, -0.2) is 5.11 Å². The summed E-state index contributed by atoms with van der Waals surface area (Å²) in [5, 5.41) is 10.2. The second-order valence-corrected chi connectivity index (χ2v) is 5.60. The summed E-state index contributed by atoms with van der Waals surface area (Å²) in [6.07, 6.45) is -1.29. The summed E-state index contributed by atoms with van der Waals surface area (Å²) in [6, 6.07) is 9.20. The zero-order valence-corrected chi connectivity index (χ0v) is 11.9. The molecule has 0 spiro atoms. The molecule has 0 radical (unpaired) electrons. The maximum atomic E-state index is 13.8. The van der Waals surface area contributed by atoms with Gasteiger partial charge in [0, 0.05) is 22.0 Å². The van der Waals surface area contributed by atoms with Gasteiger partial charge in [0.15, 0.2) is 11.6 Å². The maximum absolute atomic E-state index is 13.8. The summed E-state index contributed by atoms with van der Waals surface area (Å²) in [5.74, 6) is -1.35. The highest BCUT2D eigenvalue weighted by atomic mass is 79.9. The third-order valence-electron chi connectivity index (χ3n) is 3.37. The van der Waals surface area contributed by atoms with Crippen LogP contribution in [0, 0.1) is 11.6 Å². The van der Waals surface area contributed by atoms with Crippen molar-refractivity contribution in [2.75, 3.05) is 0 Å². The second kappa shape index (κ2) is 5.14. The maximum Gasteiger partial charge on any atom is 0.165 e. The van der Waals surface area contributed by atoms with E-state index in [2.05, 4.69) is 15.9 Å². The Hall–Kier alpha value is -1.46. The second-order valence-electron chi connectivity index (χ2n) is 4.68. The molecule has 0 aromatic heterocycles. The monoisotopic (exact) mass is 340 g/mol. The Morgan fingerprint density at radius 1 is 1.15 bits per heavy atom. The number of aliphatic hydroxyl groups is 1. The largest absolute Gasteiger partial charge is 0.485 e. The van der Waals surface area contributed by atoms with Crippen LogP contribution < -0.4 is 4.74 Å². The highest BCUT2D eigenvalue weighted by molar-refractivity contribution is 9.10. The average molecular weight is 341 g/mol. The molecule has 1 heterocycles. The predicted molar refractivity (Wildman–Crippen MR) is 73.4 cm³/mol. The van der Waals surface area contributed by atoms with E-state index < -0.39 is 23.8 Å². The standard InChI is InChI=1S/C15H11BrF2O2/c16-8-4-5-13-10(6-8)12(19)7-14(20-13)9-2-1-3-11(17)15(9)18/h1-6,12,14,19H,7H2/t12-,14?/m1/s1. The number of halogens is 3. The number of benzene rings is 2. The summed E-state index contributed by atoms with van der Waals surface area (Å²) < 4.78 is 33.6. The molecule has 20 heavy (non-hydrogen) atoms. The van der Waals surface area contributed by atoms with Gasteiger partial charge in [0.25, 0.3) is 0 Å². The van der Waals surface area contributed by atoms with Gasteiger partial charge in [-0.05, 0) is 24.3 Å². The van der Waals surface area contributed by atoms with Crippen molar-refractivity contribution in [3.63, 3.8) is 0 Å². The number of aliphatic hydroxyl groups excluding tert-OH is 1. The topological polar surface area (TPSA) is 29.5 Å². The quantitative estimate of drug-likeness (QED) is 0.839. The lowest BCUT2D eigenvalue weighted by molar-refractivity contribution is 0.0636. The van der Waals surface area contributed by atoms with Gasteiger partial charge in [-0.25, -0.2) is 8.78 Å². The van der Waals surface area contributed by atoms with Crippen molar-refractivity contribution in [3.05, 3.63) is 63.6 Å². The van der Waals surface area contributed by atoms with Crippen LogP contribution in [0.2, 0.25) is 0 Å². The van der Waals surface area contributed by atoms with Crippen LogP contribution in [0.5, 0.6) is 5.75 Å². The summed E-state index contributed by atoms with van der Waals surface area (Å²) >= 11 is 3.32. The Morgan fingerprint density at radius 2 is 1.95 bits per heavy atom. The molecular formula is C15H11BrF2O2. The Kier molecular flexibility index (Phi) is 3.48. The minimum atomic E-state index is -0.926. The van der Waals surface area contributed by atoms with Crippen LogP contribution in [-0.2, 0) is 0 Å². The zero-order chi connectivity index (χ0) is 14.3. The first-order valence-corrected chi connectivity index (χ1v) is 6.93. The molecule has 3 rings (SSSR count). The van der Waals surface area contributed by atoms with Gasteiger partial charge in [0.05, 0.1) is 6.10 Å². The molecule has 5 heteroatoms. The lowest BCUT2D eigenvalue weighted by Crippen LogP contribution is -2.20. The number of hydrogen-bond donors (Lipinski definition) is 1. The van der Waals surface area contributed by atoms with E-state index in [1.165, 1.54) is 12.1 Å². The fraction of sp³-hybridized carbons (Fsp3) is 0.200. The van der Waals surface area contributed by atoms with Crippen LogP contribution >= 0.6 is 15.9 Å². The summed E-state index contributed by atoms with van der Waals surface area (Å²) in [4.78, 5) is 0. The molecule has 104 valence electrons. The summed E-state index contributed by atoms with van der Waals surface area (Å²) in [7, 11) is 0. The Bertz CT molecular complexity index is 660. The molecule has 0 aliphatic carbocycles. The third-order valence-corrected chi connectivity index (χ3v) is 3.86. The molecule has 0 saturated heterocycles. The van der Waals surface area contributed by atoms with Crippen molar-refractivity contribution in [3.8, 4) is 5.75 Å². The first kappa shape index (κ1) is 13.5. The van der Waals surface area contributed by atoms with Crippen molar-refractivity contribution < 1.29 is 18.6 Å². The van der Waals surface area contributed by atoms with Crippen LogP contribution in [0.3, 0.4) is 0 Å². The lowest BCUT2D eigenvalue weighted by atomic mass is 9.95. The van der Waals surface area contributed by atoms with Gasteiger partial charge in [-0.15, -0.1) is 0 Å². The van der Waals surface area contributed by atoms with E-state index in [1.54, 1.807) is 18.2 Å². The fourth-order valence-corrected chi connectivity index (χ4v) is 2.76. The molecule has 0 fully saturated rings. The normalized spacial score (nSPS) is 21.2. The van der Waals surface area contributed by atoms with E-state index in [4.69, 9.17) is 4.74 Å². The van der Waals surface area contributed by atoms with Crippen LogP contribution in [0.1, 0.15) is 29.8 Å². The van der Waals surface area contributed by atoms with Crippen LogP contribution in [0.25, 0.3) is 0 Å². The SMILES string of the molecule is O[C@@H]1CC(c2cccc(F)c2F)Oc2ccc(Br)cc21. The highest BCUT2D eigenvalue weighted by Crippen LogP contribution is 2.42. The fourth-order valence-electron chi connectivity index (χ4n) is 2.38. The summed E-state index contributed by atoms with van der Waals surface area (Å²) in [6.45, 7) is 0. The predicted octanol–water partition coefficient (Wildman–Crippen LogP) is 4.28. The highest BCUT2D eigenvalue weighted by Gasteiger charge is 2.30. The molecule has 2 aromatic carbocycles. The van der Waals surface area contributed by atoms with Gasteiger partial charge in [-0.3, -0.25) is 0 Å². The van der Waals surface area contributed by atoms with Crippen molar-refractivity contribution in [2.45, 2.75) is 18.6 Å². The Balaban J connectivity index is 1.99. The first-order valence-electron chi connectivity index (χ1n) is 6.14. The average Bonchev–Trinajstić information content (AvgIpc) is 2.42. The first-order chi connectivity index (χ1) is 9.56. The van der Waals surface area contributed by atoms with Gasteiger partial charge in [-0.1, -0.05) is 28.1 Å². The molecule has 2 atom stereocenters. The van der Waals surface area contributed by atoms with Gasteiger partial charge >= 0.3 is 0 Å². The Labute approximate surface area is 123 Å². The van der Waals surface area contributed by atoms with Gasteiger partial charge in [0.1, 0.15) is 11.9 Å². The van der Waals surface area contributed by atoms with Crippen LogP contribution in [0.15, 0.2) is 40.9 Å². The van der Waals surface area contributed by atoms with E-state index in [0.717, 1.165) is 10.5 Å². The Morgan fingerprint density at radius 3 is 2.75 bits per heavy atom. The number of ether oxygens (including phenoxy) is 1. The number of fused-ring (bicyclic) bond motifs is 1. The molecule has 2 nitrogen and oxygen atoms in total. The number of hydrogen-bond acceptors (Lipinski definition) is 2. The molecule has 1 unspecified atom stereocenters. The van der Waals surface area contributed by atoms with Crippen molar-refractivity contribution in [1.82, 2.24) is 0 Å². The zero-order valence-electron chi connectivity index (χ0n) is 10.3. The minimum Gasteiger partial charge on any atom is -0.485 e. The van der Waals surface area contributed by atoms with Gasteiger partial charge < -0.3 is 9.84 Å². The molecule has 1 aliphatic heterocycles. The molecule has 0 saturated carbocycles. The molecule has 2 aromatic rings. The van der Waals surface area contributed by atoms with Crippen molar-refractivity contribution >= 4 is 15.9 Å². The molecule has 1 N–H and O–H groups in total. The molecular weight excluding hydrogens is 330 g/mol. The van der Waals surface area contributed by atoms with Crippen LogP contribution in [0.4, 0.5) is 8.78 Å². The van der Waals surface area contributed by atoms with E-state index in [9.17, 15) is 13.9 Å². The van der Waals surface area contributed by atoms with Gasteiger partial charge in [-0.2, -0.15) is 0 Å². The molecule has 0 amide bonds.